The molecule has 0 nitrogen and oxygen atoms in total. The van der Waals surface area contributed by atoms with Crippen molar-refractivity contribution in [2.75, 3.05) is 0 Å². The van der Waals surface area contributed by atoms with E-state index in [1.54, 1.807) is 0 Å². The van der Waals surface area contributed by atoms with E-state index in [2.05, 4.69) is 74.2 Å². The molecule has 1 aliphatic rings. The van der Waals surface area contributed by atoms with Crippen LogP contribution in [-0.2, 0) is 6.42 Å². The van der Waals surface area contributed by atoms with E-state index >= 15 is 0 Å². The van der Waals surface area contributed by atoms with E-state index in [9.17, 15) is 0 Å². The van der Waals surface area contributed by atoms with Crippen LogP contribution in [0.25, 0.3) is 0 Å². The van der Waals surface area contributed by atoms with Crippen molar-refractivity contribution in [3.05, 3.63) is 70.8 Å². The van der Waals surface area contributed by atoms with E-state index < -0.39 is 0 Å². The zero-order chi connectivity index (χ0) is 18.2. The largest absolute Gasteiger partial charge is 0.0654 e. The average Bonchev–Trinajstić information content (AvgIpc) is 2.69. The lowest BCUT2D eigenvalue weighted by Gasteiger charge is -2.26. The highest BCUT2D eigenvalue weighted by atomic mass is 14.2. The van der Waals surface area contributed by atoms with Gasteiger partial charge in [0, 0.05) is 11.1 Å². The lowest BCUT2D eigenvalue weighted by atomic mass is 9.79. The predicted octanol–water partition coefficient (Wildman–Crippen LogP) is 7.11. The van der Waals surface area contributed by atoms with Crippen LogP contribution >= 0.6 is 0 Å². The molecule has 0 atom stereocenters. The first-order valence-corrected chi connectivity index (χ1v) is 10.5. The average molecular weight is 345 g/mol. The van der Waals surface area contributed by atoms with Crippen LogP contribution < -0.4 is 0 Å². The molecule has 136 valence electrons. The normalized spacial score (nSPS) is 19.6. The molecule has 0 spiro atoms. The molecular formula is C26H32. The third-order valence-corrected chi connectivity index (χ3v) is 5.77. The smallest absolute Gasteiger partial charge is 0.0249 e. The predicted molar refractivity (Wildman–Crippen MR) is 112 cm³/mol. The fraction of sp³-hybridized carbons (Fsp3) is 0.462. The molecule has 0 heteroatoms. The van der Waals surface area contributed by atoms with E-state index in [0.717, 1.165) is 23.0 Å². The molecule has 3 rings (SSSR count). The Bertz CT molecular complexity index is 716. The molecule has 2 aromatic carbocycles. The Balaban J connectivity index is 1.57. The van der Waals surface area contributed by atoms with Gasteiger partial charge in [-0.2, -0.15) is 0 Å². The standard InChI is InChI=1S/C26H32/c1-3-4-5-6-22-9-11-23(12-10-22)13-14-24-15-19-26(20-16-24)25-17-7-21(2)8-18-25/h9-12,15-16,19-21,25H,3-8,17-18H2,1-2H3. The highest BCUT2D eigenvalue weighted by Gasteiger charge is 2.19. The fourth-order valence-electron chi connectivity index (χ4n) is 3.91. The fourth-order valence-corrected chi connectivity index (χ4v) is 3.91. The molecule has 1 aliphatic carbocycles. The van der Waals surface area contributed by atoms with E-state index in [-0.39, 0.29) is 0 Å². The second kappa shape index (κ2) is 9.63. The molecule has 0 N–H and O–H groups in total. The molecule has 0 amide bonds. The van der Waals surface area contributed by atoms with Crippen molar-refractivity contribution in [1.82, 2.24) is 0 Å². The molecule has 0 radical (unpaired) electrons. The van der Waals surface area contributed by atoms with Crippen molar-refractivity contribution in [1.29, 1.82) is 0 Å². The lowest BCUT2D eigenvalue weighted by molar-refractivity contribution is 0.348. The van der Waals surface area contributed by atoms with E-state index in [1.807, 2.05) is 0 Å². The number of hydrogen-bond acceptors (Lipinski definition) is 0. The summed E-state index contributed by atoms with van der Waals surface area (Å²) in [4.78, 5) is 0. The van der Waals surface area contributed by atoms with E-state index in [1.165, 1.54) is 62.5 Å². The zero-order valence-electron chi connectivity index (χ0n) is 16.4. The van der Waals surface area contributed by atoms with Crippen molar-refractivity contribution in [2.24, 2.45) is 5.92 Å². The zero-order valence-corrected chi connectivity index (χ0v) is 16.4. The van der Waals surface area contributed by atoms with Crippen molar-refractivity contribution in [2.45, 2.75) is 71.1 Å². The van der Waals surface area contributed by atoms with Crippen LogP contribution in [-0.4, -0.2) is 0 Å². The van der Waals surface area contributed by atoms with Gasteiger partial charge in [-0.05, 0) is 72.9 Å². The Morgan fingerprint density at radius 2 is 1.35 bits per heavy atom. The van der Waals surface area contributed by atoms with Gasteiger partial charge in [0.25, 0.3) is 0 Å². The Morgan fingerprint density at radius 3 is 1.92 bits per heavy atom. The number of benzene rings is 2. The first-order chi connectivity index (χ1) is 12.7. The summed E-state index contributed by atoms with van der Waals surface area (Å²) in [5.74, 6) is 8.30. The quantitative estimate of drug-likeness (QED) is 0.400. The maximum absolute atomic E-state index is 3.32. The van der Waals surface area contributed by atoms with E-state index in [4.69, 9.17) is 0 Å². The molecule has 0 aliphatic heterocycles. The van der Waals surface area contributed by atoms with Gasteiger partial charge in [-0.3, -0.25) is 0 Å². The Morgan fingerprint density at radius 1 is 0.769 bits per heavy atom. The van der Waals surface area contributed by atoms with Crippen LogP contribution in [0.4, 0.5) is 0 Å². The second-order valence-corrected chi connectivity index (χ2v) is 7.98. The molecule has 0 aromatic heterocycles. The summed E-state index contributed by atoms with van der Waals surface area (Å²) in [6.45, 7) is 4.63. The first-order valence-electron chi connectivity index (χ1n) is 10.5. The Kier molecular flexibility index (Phi) is 6.96. The molecular weight excluding hydrogens is 312 g/mol. The van der Waals surface area contributed by atoms with E-state index in [0.29, 0.717) is 0 Å². The molecule has 0 bridgehead atoms. The maximum atomic E-state index is 3.32. The van der Waals surface area contributed by atoms with Gasteiger partial charge in [0.1, 0.15) is 0 Å². The van der Waals surface area contributed by atoms with Gasteiger partial charge in [-0.25, -0.2) is 0 Å². The van der Waals surface area contributed by atoms with Crippen molar-refractivity contribution in [3.8, 4) is 11.8 Å². The van der Waals surface area contributed by atoms with Crippen LogP contribution in [0.1, 0.15) is 87.0 Å². The third-order valence-electron chi connectivity index (χ3n) is 5.77. The molecule has 0 unspecified atom stereocenters. The number of aryl methyl sites for hydroxylation is 1. The van der Waals surface area contributed by atoms with Crippen LogP contribution in [0, 0.1) is 17.8 Å². The minimum Gasteiger partial charge on any atom is -0.0654 e. The minimum atomic E-state index is 0.758. The van der Waals surface area contributed by atoms with Gasteiger partial charge in [-0.1, -0.05) is 75.6 Å². The third kappa shape index (κ3) is 5.50. The van der Waals surface area contributed by atoms with Gasteiger partial charge in [-0.15, -0.1) is 0 Å². The van der Waals surface area contributed by atoms with Crippen LogP contribution in [0.2, 0.25) is 0 Å². The van der Waals surface area contributed by atoms with Gasteiger partial charge in [0.15, 0.2) is 0 Å². The molecule has 0 heterocycles. The van der Waals surface area contributed by atoms with Gasteiger partial charge in [0.05, 0.1) is 0 Å². The Labute approximate surface area is 160 Å². The number of unbranched alkanes of at least 4 members (excludes halogenated alkanes) is 2. The summed E-state index contributed by atoms with van der Waals surface area (Å²) in [7, 11) is 0. The number of hydrogen-bond donors (Lipinski definition) is 0. The SMILES string of the molecule is CCCCCc1ccc(C#Cc2ccc(C3CCC(C)CC3)cc2)cc1. The van der Waals surface area contributed by atoms with Crippen LogP contribution in [0.5, 0.6) is 0 Å². The summed E-state index contributed by atoms with van der Waals surface area (Å²) in [6, 6.07) is 17.7. The van der Waals surface area contributed by atoms with Crippen LogP contribution in [0.15, 0.2) is 48.5 Å². The second-order valence-electron chi connectivity index (χ2n) is 7.98. The highest BCUT2D eigenvalue weighted by molar-refractivity contribution is 5.44. The van der Waals surface area contributed by atoms with Crippen molar-refractivity contribution >= 4 is 0 Å². The molecule has 1 saturated carbocycles. The minimum absolute atomic E-state index is 0.758. The molecule has 1 fully saturated rings. The van der Waals surface area contributed by atoms with Crippen molar-refractivity contribution < 1.29 is 0 Å². The summed E-state index contributed by atoms with van der Waals surface area (Å²) in [5.41, 5.74) is 5.15. The maximum Gasteiger partial charge on any atom is 0.0249 e. The van der Waals surface area contributed by atoms with Crippen molar-refractivity contribution in [3.63, 3.8) is 0 Å². The summed E-state index contributed by atoms with van der Waals surface area (Å²) in [6.07, 6.45) is 10.5. The number of rotatable bonds is 5. The summed E-state index contributed by atoms with van der Waals surface area (Å²) < 4.78 is 0. The summed E-state index contributed by atoms with van der Waals surface area (Å²) in [5, 5.41) is 0. The summed E-state index contributed by atoms with van der Waals surface area (Å²) >= 11 is 0. The monoisotopic (exact) mass is 344 g/mol. The molecule has 0 saturated heterocycles. The van der Waals surface area contributed by atoms with Gasteiger partial charge in [0.2, 0.25) is 0 Å². The lowest BCUT2D eigenvalue weighted by Crippen LogP contribution is -2.10. The topological polar surface area (TPSA) is 0 Å². The Hall–Kier alpha value is -2.00. The molecule has 26 heavy (non-hydrogen) atoms. The molecule has 2 aromatic rings. The van der Waals surface area contributed by atoms with Crippen LogP contribution in [0.3, 0.4) is 0 Å². The first kappa shape index (κ1) is 18.8. The van der Waals surface area contributed by atoms with Gasteiger partial charge < -0.3 is 0 Å². The highest BCUT2D eigenvalue weighted by Crippen LogP contribution is 2.35. The van der Waals surface area contributed by atoms with Gasteiger partial charge >= 0.3 is 0 Å².